The third-order valence-corrected chi connectivity index (χ3v) is 7.53. The fourth-order valence-electron chi connectivity index (χ4n) is 5.02. The number of fused-ring (bicyclic) bond motifs is 2. The van der Waals surface area contributed by atoms with E-state index in [1.165, 1.54) is 24.8 Å². The maximum absolute atomic E-state index is 4.93. The maximum Gasteiger partial charge on any atom is 0.159 e. The van der Waals surface area contributed by atoms with Gasteiger partial charge in [-0.25, -0.2) is 4.98 Å². The Hall–Kier alpha value is -3.95. The summed E-state index contributed by atoms with van der Waals surface area (Å²) >= 11 is 1.66. The molecule has 0 aromatic carbocycles. The summed E-state index contributed by atoms with van der Waals surface area (Å²) in [6, 6.07) is 6.36. The lowest BCUT2D eigenvalue weighted by Gasteiger charge is -2.26. The molecule has 9 heteroatoms. The van der Waals surface area contributed by atoms with E-state index < -0.39 is 0 Å². The first-order chi connectivity index (χ1) is 17.8. The number of aromatic nitrogens is 7. The minimum atomic E-state index is 0.704. The van der Waals surface area contributed by atoms with E-state index in [1.54, 1.807) is 11.3 Å². The van der Waals surface area contributed by atoms with Crippen LogP contribution in [0.4, 0.5) is 0 Å². The molecule has 1 aliphatic rings. The molecule has 178 valence electrons. The van der Waals surface area contributed by atoms with Gasteiger partial charge in [0.1, 0.15) is 11.2 Å². The normalized spacial score (nSPS) is 14.7. The highest BCUT2D eigenvalue weighted by atomic mass is 32.1. The molecule has 36 heavy (non-hydrogen) atoms. The Bertz CT molecular complexity index is 1660. The van der Waals surface area contributed by atoms with Gasteiger partial charge in [-0.3, -0.25) is 25.0 Å². The molecule has 0 amide bonds. The van der Waals surface area contributed by atoms with E-state index in [1.807, 2.05) is 31.0 Å². The maximum atomic E-state index is 4.93. The van der Waals surface area contributed by atoms with Crippen molar-refractivity contribution < 1.29 is 0 Å². The first-order valence-electron chi connectivity index (χ1n) is 12.2. The zero-order valence-electron chi connectivity index (χ0n) is 19.6. The number of imidazole rings is 1. The topological polar surface area (TPSA) is 99.3 Å². The minimum Gasteiger partial charge on any atom is -0.335 e. The SMILES string of the molecule is c1cc(-c2cncc3[nH]c(-c4n[nH]c5cnc(-c6cncc(CN7CCCCC7)c6)cc45)nc23)cs1. The highest BCUT2D eigenvalue weighted by molar-refractivity contribution is 7.08. The van der Waals surface area contributed by atoms with Crippen LogP contribution in [-0.2, 0) is 6.54 Å². The first kappa shape index (κ1) is 21.3. The van der Waals surface area contributed by atoms with Crippen molar-refractivity contribution in [3.05, 3.63) is 65.5 Å². The van der Waals surface area contributed by atoms with Crippen LogP contribution >= 0.6 is 11.3 Å². The van der Waals surface area contributed by atoms with Gasteiger partial charge in [0.2, 0.25) is 0 Å². The molecule has 0 spiro atoms. The average molecular weight is 493 g/mol. The zero-order valence-corrected chi connectivity index (χ0v) is 20.4. The van der Waals surface area contributed by atoms with E-state index in [0.717, 1.165) is 69.6 Å². The summed E-state index contributed by atoms with van der Waals surface area (Å²) in [6.07, 6.45) is 13.2. The summed E-state index contributed by atoms with van der Waals surface area (Å²) < 4.78 is 0. The number of piperidine rings is 1. The van der Waals surface area contributed by atoms with Crippen molar-refractivity contribution in [1.82, 2.24) is 40.0 Å². The fraction of sp³-hybridized carbons (Fsp3) is 0.222. The lowest BCUT2D eigenvalue weighted by atomic mass is 10.1. The quantitative estimate of drug-likeness (QED) is 0.322. The van der Waals surface area contributed by atoms with Gasteiger partial charge in [-0.1, -0.05) is 6.42 Å². The van der Waals surface area contributed by atoms with Gasteiger partial charge in [0.25, 0.3) is 0 Å². The van der Waals surface area contributed by atoms with Crippen LogP contribution in [0.3, 0.4) is 0 Å². The molecule has 0 radical (unpaired) electrons. The Morgan fingerprint density at radius 2 is 1.83 bits per heavy atom. The Morgan fingerprint density at radius 1 is 0.917 bits per heavy atom. The molecule has 7 heterocycles. The largest absolute Gasteiger partial charge is 0.335 e. The molecule has 6 aromatic heterocycles. The molecular formula is C27H24N8S. The number of nitrogens with zero attached hydrogens (tertiary/aromatic N) is 6. The third kappa shape index (κ3) is 3.86. The summed E-state index contributed by atoms with van der Waals surface area (Å²) in [5.74, 6) is 0.704. The van der Waals surface area contributed by atoms with E-state index in [-0.39, 0.29) is 0 Å². The van der Waals surface area contributed by atoms with Gasteiger partial charge < -0.3 is 4.98 Å². The second kappa shape index (κ2) is 8.92. The molecule has 0 unspecified atom stereocenters. The second-order valence-corrected chi connectivity index (χ2v) is 10.1. The molecule has 8 nitrogen and oxygen atoms in total. The Labute approximate surface area is 211 Å². The molecule has 2 N–H and O–H groups in total. The number of pyridine rings is 3. The van der Waals surface area contributed by atoms with Gasteiger partial charge in [0, 0.05) is 41.6 Å². The second-order valence-electron chi connectivity index (χ2n) is 9.29. The van der Waals surface area contributed by atoms with Crippen molar-refractivity contribution in [3.8, 4) is 33.9 Å². The third-order valence-electron chi connectivity index (χ3n) is 6.84. The minimum absolute atomic E-state index is 0.704. The summed E-state index contributed by atoms with van der Waals surface area (Å²) in [7, 11) is 0. The molecule has 1 aliphatic heterocycles. The monoisotopic (exact) mass is 492 g/mol. The van der Waals surface area contributed by atoms with Crippen LogP contribution in [-0.4, -0.2) is 53.1 Å². The van der Waals surface area contributed by atoms with Crippen LogP contribution < -0.4 is 0 Å². The summed E-state index contributed by atoms with van der Waals surface area (Å²) in [5, 5.41) is 12.8. The van der Waals surface area contributed by atoms with Gasteiger partial charge >= 0.3 is 0 Å². The van der Waals surface area contributed by atoms with Crippen LogP contribution in [0.15, 0.2) is 59.9 Å². The molecule has 1 fully saturated rings. The molecule has 0 atom stereocenters. The van der Waals surface area contributed by atoms with Crippen molar-refractivity contribution in [3.63, 3.8) is 0 Å². The van der Waals surface area contributed by atoms with Crippen molar-refractivity contribution >= 4 is 33.3 Å². The number of rotatable bonds is 5. The predicted octanol–water partition coefficient (Wildman–Crippen LogP) is 5.67. The van der Waals surface area contributed by atoms with Crippen molar-refractivity contribution in [2.24, 2.45) is 0 Å². The number of likely N-dealkylation sites (tertiary alicyclic amines) is 1. The molecular weight excluding hydrogens is 468 g/mol. The van der Waals surface area contributed by atoms with Crippen LogP contribution in [0.5, 0.6) is 0 Å². The van der Waals surface area contributed by atoms with E-state index >= 15 is 0 Å². The van der Waals surface area contributed by atoms with Crippen LogP contribution in [0.1, 0.15) is 24.8 Å². The highest BCUT2D eigenvalue weighted by Gasteiger charge is 2.17. The predicted molar refractivity (Wildman–Crippen MR) is 142 cm³/mol. The summed E-state index contributed by atoms with van der Waals surface area (Å²) in [4.78, 5) is 24.5. The van der Waals surface area contributed by atoms with Gasteiger partial charge in [-0.05, 0) is 66.0 Å². The summed E-state index contributed by atoms with van der Waals surface area (Å²) in [6.45, 7) is 3.25. The molecule has 0 saturated carbocycles. The van der Waals surface area contributed by atoms with E-state index in [0.29, 0.717) is 5.82 Å². The lowest BCUT2D eigenvalue weighted by Crippen LogP contribution is -2.29. The molecule has 6 aromatic rings. The number of nitrogens with one attached hydrogen (secondary N) is 2. The lowest BCUT2D eigenvalue weighted by molar-refractivity contribution is 0.220. The fourth-order valence-corrected chi connectivity index (χ4v) is 5.67. The van der Waals surface area contributed by atoms with Crippen LogP contribution in [0.25, 0.3) is 55.8 Å². The standard InChI is InChI=1S/C27H24N8S/c1-2-5-35(6-3-1)15-17-8-19(11-28-10-17)22-9-20-23(14-30-22)33-34-26(20)27-31-24-13-29-12-21(25(24)32-27)18-4-7-36-16-18/h4,7-14,16H,1-3,5-6,15H2,(H,31,32)(H,33,34). The van der Waals surface area contributed by atoms with Crippen molar-refractivity contribution in [1.29, 1.82) is 0 Å². The number of H-pyrrole nitrogens is 2. The Balaban J connectivity index is 1.26. The number of hydrogen-bond donors (Lipinski definition) is 2. The number of hydrogen-bond acceptors (Lipinski definition) is 7. The number of aromatic amines is 2. The van der Waals surface area contributed by atoms with Crippen LogP contribution in [0.2, 0.25) is 0 Å². The van der Waals surface area contributed by atoms with E-state index in [9.17, 15) is 0 Å². The molecule has 0 aliphatic carbocycles. The molecule has 0 bridgehead atoms. The van der Waals surface area contributed by atoms with E-state index in [2.05, 4.69) is 59.0 Å². The van der Waals surface area contributed by atoms with Crippen molar-refractivity contribution in [2.45, 2.75) is 25.8 Å². The average Bonchev–Trinajstić information content (AvgIpc) is 3.68. The zero-order chi connectivity index (χ0) is 23.9. The van der Waals surface area contributed by atoms with Gasteiger partial charge in [0.05, 0.1) is 29.1 Å². The molecule has 7 rings (SSSR count). The molecule has 1 saturated heterocycles. The first-order valence-corrected chi connectivity index (χ1v) is 13.1. The van der Waals surface area contributed by atoms with E-state index in [4.69, 9.17) is 9.97 Å². The smallest absolute Gasteiger partial charge is 0.159 e. The van der Waals surface area contributed by atoms with Gasteiger partial charge in [0.15, 0.2) is 5.82 Å². The van der Waals surface area contributed by atoms with Gasteiger partial charge in [-0.2, -0.15) is 16.4 Å². The Morgan fingerprint density at radius 3 is 2.72 bits per heavy atom. The Kier molecular flexibility index (Phi) is 5.29. The van der Waals surface area contributed by atoms with Crippen molar-refractivity contribution in [2.75, 3.05) is 13.1 Å². The van der Waals surface area contributed by atoms with Crippen LogP contribution in [0, 0.1) is 0 Å². The number of thiophene rings is 1. The van der Waals surface area contributed by atoms with Gasteiger partial charge in [-0.15, -0.1) is 0 Å². The highest BCUT2D eigenvalue weighted by Crippen LogP contribution is 2.32. The summed E-state index contributed by atoms with van der Waals surface area (Å²) in [5.41, 5.74) is 8.62.